The van der Waals surface area contributed by atoms with Crippen LogP contribution in [0.2, 0.25) is 0 Å². The fraction of sp³-hybridized carbons (Fsp3) is 1.00. The molecule has 1 heterocycles. The molecule has 0 radical (unpaired) electrons. The molecule has 0 aromatic heterocycles. The molecule has 1 saturated heterocycles. The van der Waals surface area contributed by atoms with Crippen LogP contribution in [0.4, 0.5) is 0 Å². The highest BCUT2D eigenvalue weighted by molar-refractivity contribution is 4.74. The van der Waals surface area contributed by atoms with Gasteiger partial charge in [-0.2, -0.15) is 0 Å². The Morgan fingerprint density at radius 3 is 2.50 bits per heavy atom. The number of nitrogens with one attached hydrogen (secondary N) is 1. The molecule has 3 nitrogen and oxygen atoms in total. The summed E-state index contributed by atoms with van der Waals surface area (Å²) in [6, 6.07) is 0. The van der Waals surface area contributed by atoms with E-state index in [4.69, 9.17) is 4.74 Å². The first kappa shape index (κ1) is 13.9. The van der Waals surface area contributed by atoms with Crippen molar-refractivity contribution >= 4 is 0 Å². The number of hydrogen-bond donors (Lipinski definition) is 1. The Labute approximate surface area is 101 Å². The molecule has 1 aliphatic heterocycles. The lowest BCUT2D eigenvalue weighted by atomic mass is 9.87. The summed E-state index contributed by atoms with van der Waals surface area (Å²) in [4.78, 5) is 2.58. The molecule has 1 rings (SSSR count). The molecule has 16 heavy (non-hydrogen) atoms. The Balaban J connectivity index is 1.99. The molecule has 96 valence electrons. The minimum atomic E-state index is 0.815. The molecule has 0 unspecified atom stereocenters. The lowest BCUT2D eigenvalue weighted by molar-refractivity contribution is 0.156. The highest BCUT2D eigenvalue weighted by Gasteiger charge is 2.20. The molecule has 0 atom stereocenters. The summed E-state index contributed by atoms with van der Waals surface area (Å²) in [6.07, 6.45) is 2.77. The van der Waals surface area contributed by atoms with Crippen molar-refractivity contribution in [2.75, 3.05) is 46.4 Å². The third kappa shape index (κ3) is 5.28. The maximum absolute atomic E-state index is 5.00. The minimum absolute atomic E-state index is 0.815. The second-order valence-corrected chi connectivity index (χ2v) is 5.17. The third-order valence-electron chi connectivity index (χ3n) is 3.66. The van der Waals surface area contributed by atoms with Crippen LogP contribution in [0.3, 0.4) is 0 Å². The van der Waals surface area contributed by atoms with Gasteiger partial charge in [-0.1, -0.05) is 13.8 Å². The van der Waals surface area contributed by atoms with Gasteiger partial charge in [-0.25, -0.2) is 0 Å². The topological polar surface area (TPSA) is 24.5 Å². The first-order valence-electron chi connectivity index (χ1n) is 6.66. The maximum Gasteiger partial charge on any atom is 0.0587 e. The predicted octanol–water partition coefficient (Wildman–Crippen LogP) is 1.59. The van der Waals surface area contributed by atoms with Gasteiger partial charge < -0.3 is 15.0 Å². The van der Waals surface area contributed by atoms with Crippen molar-refractivity contribution in [1.82, 2.24) is 10.2 Å². The van der Waals surface area contributed by atoms with E-state index in [1.165, 1.54) is 32.5 Å². The molecular weight excluding hydrogens is 200 g/mol. The molecule has 0 aromatic carbocycles. The minimum Gasteiger partial charge on any atom is -0.383 e. The largest absolute Gasteiger partial charge is 0.383 e. The van der Waals surface area contributed by atoms with E-state index in [1.807, 2.05) is 0 Å². The normalized spacial score (nSPS) is 19.5. The van der Waals surface area contributed by atoms with Gasteiger partial charge in [0.15, 0.2) is 0 Å². The number of piperidine rings is 1. The van der Waals surface area contributed by atoms with Crippen molar-refractivity contribution in [3.63, 3.8) is 0 Å². The van der Waals surface area contributed by atoms with Crippen molar-refractivity contribution in [2.45, 2.75) is 26.7 Å². The first-order valence-corrected chi connectivity index (χ1v) is 6.66. The van der Waals surface area contributed by atoms with E-state index in [9.17, 15) is 0 Å². The lowest BCUT2D eigenvalue weighted by Crippen LogP contribution is -2.39. The summed E-state index contributed by atoms with van der Waals surface area (Å²) in [5, 5.41) is 3.40. The molecule has 1 fully saturated rings. The van der Waals surface area contributed by atoms with Gasteiger partial charge in [0.25, 0.3) is 0 Å². The van der Waals surface area contributed by atoms with Gasteiger partial charge in [-0.05, 0) is 37.8 Å². The van der Waals surface area contributed by atoms with Crippen molar-refractivity contribution in [1.29, 1.82) is 0 Å². The van der Waals surface area contributed by atoms with Crippen LogP contribution in [0.15, 0.2) is 0 Å². The van der Waals surface area contributed by atoms with Gasteiger partial charge in [-0.15, -0.1) is 0 Å². The Hall–Kier alpha value is -0.120. The van der Waals surface area contributed by atoms with E-state index < -0.39 is 0 Å². The molecule has 0 saturated carbocycles. The van der Waals surface area contributed by atoms with Crippen LogP contribution in [-0.2, 0) is 4.74 Å². The molecular formula is C13H28N2O. The number of hydrogen-bond acceptors (Lipinski definition) is 3. The molecule has 0 bridgehead atoms. The average Bonchev–Trinajstić information content (AvgIpc) is 2.29. The number of likely N-dealkylation sites (tertiary alicyclic amines) is 1. The van der Waals surface area contributed by atoms with Crippen LogP contribution >= 0.6 is 0 Å². The average molecular weight is 228 g/mol. The zero-order valence-corrected chi connectivity index (χ0v) is 11.2. The quantitative estimate of drug-likeness (QED) is 0.670. The molecule has 1 N–H and O–H groups in total. The van der Waals surface area contributed by atoms with Gasteiger partial charge in [0.05, 0.1) is 6.61 Å². The fourth-order valence-corrected chi connectivity index (χ4v) is 2.38. The maximum atomic E-state index is 5.00. The van der Waals surface area contributed by atoms with E-state index in [1.54, 1.807) is 7.11 Å². The van der Waals surface area contributed by atoms with Gasteiger partial charge in [0, 0.05) is 26.7 Å². The summed E-state index contributed by atoms with van der Waals surface area (Å²) in [6.45, 7) is 11.3. The fourth-order valence-electron chi connectivity index (χ4n) is 2.38. The highest BCUT2D eigenvalue weighted by atomic mass is 16.5. The predicted molar refractivity (Wildman–Crippen MR) is 68.7 cm³/mol. The number of ether oxygens (including phenoxy) is 1. The summed E-state index contributed by atoms with van der Waals surface area (Å²) in [7, 11) is 1.75. The van der Waals surface area contributed by atoms with E-state index >= 15 is 0 Å². The lowest BCUT2D eigenvalue weighted by Gasteiger charge is -2.33. The number of methoxy groups -OCH3 is 1. The first-order chi connectivity index (χ1) is 7.74. The molecule has 0 amide bonds. The summed E-state index contributed by atoms with van der Waals surface area (Å²) in [5.41, 5.74) is 0. The summed E-state index contributed by atoms with van der Waals surface area (Å²) in [5.74, 6) is 1.82. The SMILES string of the molecule is COCCNCCN1CCC(C(C)C)CC1. The number of nitrogens with zero attached hydrogens (tertiary/aromatic N) is 1. The van der Waals surface area contributed by atoms with Gasteiger partial charge in [0.1, 0.15) is 0 Å². The van der Waals surface area contributed by atoms with E-state index in [2.05, 4.69) is 24.1 Å². The van der Waals surface area contributed by atoms with Crippen LogP contribution in [0.5, 0.6) is 0 Å². The van der Waals surface area contributed by atoms with Crippen molar-refractivity contribution in [3.05, 3.63) is 0 Å². The van der Waals surface area contributed by atoms with E-state index in [0.717, 1.165) is 31.5 Å². The van der Waals surface area contributed by atoms with Gasteiger partial charge in [-0.3, -0.25) is 0 Å². The Morgan fingerprint density at radius 2 is 1.94 bits per heavy atom. The third-order valence-corrected chi connectivity index (χ3v) is 3.66. The Kier molecular flexibility index (Phi) is 7.01. The van der Waals surface area contributed by atoms with Crippen molar-refractivity contribution < 1.29 is 4.74 Å². The zero-order valence-electron chi connectivity index (χ0n) is 11.2. The monoisotopic (exact) mass is 228 g/mol. The Bertz CT molecular complexity index is 165. The number of rotatable bonds is 7. The summed E-state index contributed by atoms with van der Waals surface area (Å²) < 4.78 is 5.00. The highest BCUT2D eigenvalue weighted by Crippen LogP contribution is 2.23. The standard InChI is InChI=1S/C13H28N2O/c1-12(2)13-4-8-15(9-5-13)10-6-14-7-11-16-3/h12-14H,4-11H2,1-3H3. The summed E-state index contributed by atoms with van der Waals surface area (Å²) >= 11 is 0. The molecule has 0 spiro atoms. The van der Waals surface area contributed by atoms with Gasteiger partial charge in [0.2, 0.25) is 0 Å². The second kappa shape index (κ2) is 8.04. The molecule has 1 aliphatic rings. The molecule has 0 aliphatic carbocycles. The van der Waals surface area contributed by atoms with E-state index in [-0.39, 0.29) is 0 Å². The second-order valence-electron chi connectivity index (χ2n) is 5.17. The van der Waals surface area contributed by atoms with Crippen molar-refractivity contribution in [2.24, 2.45) is 11.8 Å². The molecule has 3 heteroatoms. The van der Waals surface area contributed by atoms with Crippen LogP contribution in [0.1, 0.15) is 26.7 Å². The van der Waals surface area contributed by atoms with E-state index in [0.29, 0.717) is 0 Å². The zero-order chi connectivity index (χ0) is 11.8. The Morgan fingerprint density at radius 1 is 1.25 bits per heavy atom. The molecule has 0 aromatic rings. The van der Waals surface area contributed by atoms with Crippen molar-refractivity contribution in [3.8, 4) is 0 Å². The van der Waals surface area contributed by atoms with Gasteiger partial charge >= 0.3 is 0 Å². The van der Waals surface area contributed by atoms with Crippen LogP contribution in [0.25, 0.3) is 0 Å². The van der Waals surface area contributed by atoms with Crippen LogP contribution < -0.4 is 5.32 Å². The van der Waals surface area contributed by atoms with Crippen LogP contribution in [0, 0.1) is 11.8 Å². The smallest absolute Gasteiger partial charge is 0.0587 e. The van der Waals surface area contributed by atoms with Crippen LogP contribution in [-0.4, -0.2) is 51.3 Å².